The molecule has 19 heavy (non-hydrogen) atoms. The molecular weight excluding hydrogens is 242 g/mol. The number of H-pyrrole nitrogens is 1. The monoisotopic (exact) mass is 267 g/mol. The minimum absolute atomic E-state index is 0.111. The Hall–Kier alpha value is -1.43. The van der Waals surface area contributed by atoms with Crippen molar-refractivity contribution in [2.45, 2.75) is 39.7 Å². The van der Waals surface area contributed by atoms with Crippen molar-refractivity contribution < 1.29 is 4.79 Å². The summed E-state index contributed by atoms with van der Waals surface area (Å²) in [6, 6.07) is 0.133. The maximum Gasteiger partial charge on any atom is 0.293 e. The Bertz CT molecular complexity index is 413. The SMILES string of the molecule is CCN(C(=O)c1n[nH]c(C(C)C)n1)C(C)CN(C)C. The van der Waals surface area contributed by atoms with Crippen LogP contribution in [0.2, 0.25) is 0 Å². The first-order chi connectivity index (χ1) is 8.86. The second kappa shape index (κ2) is 6.65. The molecule has 1 atom stereocenters. The molecule has 1 amide bonds. The second-order valence-corrected chi connectivity index (χ2v) is 5.40. The zero-order chi connectivity index (χ0) is 14.6. The van der Waals surface area contributed by atoms with Crippen molar-refractivity contribution in [1.82, 2.24) is 25.0 Å². The van der Waals surface area contributed by atoms with Crippen LogP contribution < -0.4 is 0 Å². The molecule has 1 rings (SSSR count). The summed E-state index contributed by atoms with van der Waals surface area (Å²) in [6.07, 6.45) is 0. The molecule has 0 aliphatic rings. The van der Waals surface area contributed by atoms with Crippen LogP contribution in [0, 0.1) is 0 Å². The molecule has 0 aliphatic carbocycles. The van der Waals surface area contributed by atoms with Crippen molar-refractivity contribution in [3.05, 3.63) is 11.6 Å². The third-order valence-electron chi connectivity index (χ3n) is 3.00. The van der Waals surface area contributed by atoms with E-state index in [-0.39, 0.29) is 23.7 Å². The third-order valence-corrected chi connectivity index (χ3v) is 3.00. The molecule has 1 aromatic rings. The molecule has 0 radical (unpaired) electrons. The predicted molar refractivity (Wildman–Crippen MR) is 75.2 cm³/mol. The number of nitrogens with one attached hydrogen (secondary N) is 1. The fourth-order valence-corrected chi connectivity index (χ4v) is 2.04. The number of rotatable bonds is 6. The van der Waals surface area contributed by atoms with Gasteiger partial charge in [0.05, 0.1) is 0 Å². The fraction of sp³-hybridized carbons (Fsp3) is 0.769. The van der Waals surface area contributed by atoms with Crippen molar-refractivity contribution in [1.29, 1.82) is 0 Å². The highest BCUT2D eigenvalue weighted by molar-refractivity contribution is 5.90. The van der Waals surface area contributed by atoms with Crippen LogP contribution in [-0.2, 0) is 0 Å². The predicted octanol–water partition coefficient (Wildman–Crippen LogP) is 1.34. The van der Waals surface area contributed by atoms with E-state index in [1.807, 2.05) is 41.8 Å². The van der Waals surface area contributed by atoms with E-state index in [9.17, 15) is 4.79 Å². The topological polar surface area (TPSA) is 65.1 Å². The molecule has 0 aliphatic heterocycles. The lowest BCUT2D eigenvalue weighted by Crippen LogP contribution is -2.44. The van der Waals surface area contributed by atoms with Crippen LogP contribution >= 0.6 is 0 Å². The van der Waals surface area contributed by atoms with Gasteiger partial charge in [0.15, 0.2) is 0 Å². The molecule has 6 nitrogen and oxygen atoms in total. The van der Waals surface area contributed by atoms with E-state index >= 15 is 0 Å². The van der Waals surface area contributed by atoms with Crippen LogP contribution in [-0.4, -0.2) is 64.1 Å². The normalized spacial score (nSPS) is 13.1. The Morgan fingerprint density at radius 3 is 2.37 bits per heavy atom. The number of hydrogen-bond donors (Lipinski definition) is 1. The Morgan fingerprint density at radius 1 is 1.32 bits per heavy atom. The van der Waals surface area contributed by atoms with Gasteiger partial charge in [-0.3, -0.25) is 9.89 Å². The zero-order valence-corrected chi connectivity index (χ0v) is 12.8. The van der Waals surface area contributed by atoms with Gasteiger partial charge in [0.2, 0.25) is 5.82 Å². The van der Waals surface area contributed by atoms with E-state index in [4.69, 9.17) is 0 Å². The van der Waals surface area contributed by atoms with Crippen LogP contribution in [0.1, 0.15) is 50.1 Å². The third kappa shape index (κ3) is 4.02. The first-order valence-electron chi connectivity index (χ1n) is 6.74. The lowest BCUT2D eigenvalue weighted by molar-refractivity contribution is 0.0667. The second-order valence-electron chi connectivity index (χ2n) is 5.40. The van der Waals surface area contributed by atoms with Gasteiger partial charge >= 0.3 is 0 Å². The Morgan fingerprint density at radius 2 is 1.95 bits per heavy atom. The van der Waals surface area contributed by atoms with Crippen LogP contribution in [0.25, 0.3) is 0 Å². The number of carbonyl (C=O) groups excluding carboxylic acids is 1. The molecule has 0 bridgehead atoms. The highest BCUT2D eigenvalue weighted by Gasteiger charge is 2.24. The Kier molecular flexibility index (Phi) is 5.47. The molecule has 0 spiro atoms. The van der Waals surface area contributed by atoms with Crippen LogP contribution in [0.4, 0.5) is 0 Å². The van der Waals surface area contributed by atoms with Crippen LogP contribution in [0.5, 0.6) is 0 Å². The molecule has 0 aromatic carbocycles. The summed E-state index contributed by atoms with van der Waals surface area (Å²) in [5.74, 6) is 1.14. The summed E-state index contributed by atoms with van der Waals surface area (Å²) in [7, 11) is 4.00. The van der Waals surface area contributed by atoms with Crippen LogP contribution in [0.3, 0.4) is 0 Å². The summed E-state index contributed by atoms with van der Waals surface area (Å²) in [5, 5.41) is 6.85. The minimum Gasteiger partial charge on any atom is -0.332 e. The summed E-state index contributed by atoms with van der Waals surface area (Å²) in [5.41, 5.74) is 0. The first kappa shape index (κ1) is 15.6. The van der Waals surface area contributed by atoms with Crippen molar-refractivity contribution in [3.63, 3.8) is 0 Å². The van der Waals surface area contributed by atoms with Gasteiger partial charge in [0.1, 0.15) is 5.82 Å². The quantitative estimate of drug-likeness (QED) is 0.844. The summed E-state index contributed by atoms with van der Waals surface area (Å²) >= 11 is 0. The molecule has 1 heterocycles. The van der Waals surface area contributed by atoms with Gasteiger partial charge in [-0.25, -0.2) is 4.98 Å². The van der Waals surface area contributed by atoms with Gasteiger partial charge < -0.3 is 9.80 Å². The van der Waals surface area contributed by atoms with E-state index < -0.39 is 0 Å². The van der Waals surface area contributed by atoms with E-state index in [2.05, 4.69) is 20.1 Å². The minimum atomic E-state index is -0.111. The molecule has 6 heteroatoms. The summed E-state index contributed by atoms with van der Waals surface area (Å²) in [6.45, 7) is 9.51. The van der Waals surface area contributed by atoms with Gasteiger partial charge in [-0.05, 0) is 27.9 Å². The largest absolute Gasteiger partial charge is 0.332 e. The lowest BCUT2D eigenvalue weighted by Gasteiger charge is -2.29. The smallest absolute Gasteiger partial charge is 0.293 e. The van der Waals surface area contributed by atoms with Crippen molar-refractivity contribution in [3.8, 4) is 0 Å². The van der Waals surface area contributed by atoms with Crippen molar-refractivity contribution in [2.24, 2.45) is 0 Å². The molecular formula is C13H25N5O. The fourth-order valence-electron chi connectivity index (χ4n) is 2.04. The van der Waals surface area contributed by atoms with E-state index in [0.717, 1.165) is 12.4 Å². The average molecular weight is 267 g/mol. The molecule has 1 unspecified atom stereocenters. The number of aromatic nitrogens is 3. The lowest BCUT2D eigenvalue weighted by atomic mass is 10.2. The number of nitrogens with zero attached hydrogens (tertiary/aromatic N) is 4. The maximum atomic E-state index is 12.4. The number of amides is 1. The molecule has 1 N–H and O–H groups in total. The van der Waals surface area contributed by atoms with Gasteiger partial charge in [-0.1, -0.05) is 13.8 Å². The van der Waals surface area contributed by atoms with Crippen molar-refractivity contribution >= 4 is 5.91 Å². The molecule has 0 saturated carbocycles. The molecule has 0 fully saturated rings. The number of aromatic amines is 1. The number of likely N-dealkylation sites (N-methyl/N-ethyl adjacent to an activating group) is 2. The number of carbonyl (C=O) groups is 1. The van der Waals surface area contributed by atoms with Gasteiger partial charge in [0, 0.05) is 25.0 Å². The zero-order valence-electron chi connectivity index (χ0n) is 12.8. The van der Waals surface area contributed by atoms with Gasteiger partial charge in [-0.15, -0.1) is 5.10 Å². The highest BCUT2D eigenvalue weighted by atomic mass is 16.2. The summed E-state index contributed by atoms with van der Waals surface area (Å²) in [4.78, 5) is 20.5. The standard InChI is InChI=1S/C13H25N5O/c1-7-18(10(4)8-17(5)6)13(19)12-14-11(9(2)3)15-16-12/h9-10H,7-8H2,1-6H3,(H,14,15,16). The van der Waals surface area contributed by atoms with Crippen LogP contribution in [0.15, 0.2) is 0 Å². The first-order valence-corrected chi connectivity index (χ1v) is 6.74. The van der Waals surface area contributed by atoms with E-state index in [1.165, 1.54) is 0 Å². The highest BCUT2D eigenvalue weighted by Crippen LogP contribution is 2.10. The Balaban J connectivity index is 2.82. The number of hydrogen-bond acceptors (Lipinski definition) is 4. The molecule has 0 saturated heterocycles. The Labute approximate surface area is 115 Å². The maximum absolute atomic E-state index is 12.4. The van der Waals surface area contributed by atoms with Gasteiger partial charge in [-0.2, -0.15) is 0 Å². The van der Waals surface area contributed by atoms with Crippen molar-refractivity contribution in [2.75, 3.05) is 27.2 Å². The average Bonchev–Trinajstić information content (AvgIpc) is 2.77. The molecule has 108 valence electrons. The summed E-state index contributed by atoms with van der Waals surface area (Å²) < 4.78 is 0. The molecule has 1 aromatic heterocycles. The van der Waals surface area contributed by atoms with E-state index in [1.54, 1.807) is 4.90 Å². The van der Waals surface area contributed by atoms with Gasteiger partial charge in [0.25, 0.3) is 5.91 Å². The van der Waals surface area contributed by atoms with E-state index in [0.29, 0.717) is 6.54 Å².